The van der Waals surface area contributed by atoms with Gasteiger partial charge in [-0.25, -0.2) is 9.97 Å². The highest BCUT2D eigenvalue weighted by molar-refractivity contribution is 8.76. The van der Waals surface area contributed by atoms with Crippen LogP contribution < -0.4 is 5.32 Å². The van der Waals surface area contributed by atoms with Crippen molar-refractivity contribution < 1.29 is 14.7 Å². The van der Waals surface area contributed by atoms with Gasteiger partial charge < -0.3 is 10.4 Å². The molecule has 1 heterocycles. The Hall–Kier alpha value is -0.990. The average Bonchev–Trinajstić information content (AvgIpc) is 2.46. The van der Waals surface area contributed by atoms with E-state index in [1.165, 1.54) is 27.8 Å². The molecule has 1 aromatic rings. The molecule has 2 N–H and O–H groups in total. The Morgan fingerprint density at radius 3 is 2.76 bits per heavy atom. The number of halogens is 1. The number of carboxylic acids is 1. The molecule has 0 atom stereocenters. The molecule has 9 heteroatoms. The SMILES string of the molecule is CCc1ncc(Cl)c(C(=O)NCCSSCCC(=O)O)n1. The second kappa shape index (κ2) is 9.86. The van der Waals surface area contributed by atoms with E-state index < -0.39 is 5.97 Å². The standard InChI is InChI=1S/C12H16ClN3O3S2/c1-2-9-15-7-8(13)11(16-9)12(19)14-4-6-21-20-5-3-10(17)18/h7H,2-6H2,1H3,(H,14,19)(H,17,18). The predicted octanol–water partition coefficient (Wildman–Crippen LogP) is 2.28. The number of carbonyl (C=O) groups is 2. The van der Waals surface area contributed by atoms with E-state index in [1.54, 1.807) is 0 Å². The Labute approximate surface area is 135 Å². The number of carbonyl (C=O) groups excluding carboxylic acids is 1. The smallest absolute Gasteiger partial charge is 0.304 e. The molecule has 0 fully saturated rings. The zero-order chi connectivity index (χ0) is 15.7. The Morgan fingerprint density at radius 2 is 2.10 bits per heavy atom. The van der Waals surface area contributed by atoms with Crippen LogP contribution in [0.2, 0.25) is 5.02 Å². The number of nitrogens with one attached hydrogen (secondary N) is 1. The quantitative estimate of drug-likeness (QED) is 0.522. The van der Waals surface area contributed by atoms with Crippen molar-refractivity contribution in [3.63, 3.8) is 0 Å². The first-order chi connectivity index (χ1) is 10.0. The van der Waals surface area contributed by atoms with Crippen LogP contribution in [0.4, 0.5) is 0 Å². The van der Waals surface area contributed by atoms with Gasteiger partial charge in [-0.2, -0.15) is 0 Å². The predicted molar refractivity (Wildman–Crippen MR) is 85.9 cm³/mol. The molecule has 0 spiro atoms. The van der Waals surface area contributed by atoms with E-state index in [2.05, 4.69) is 15.3 Å². The molecule has 0 saturated heterocycles. The Morgan fingerprint density at radius 1 is 1.38 bits per heavy atom. The number of hydrogen-bond donors (Lipinski definition) is 2. The van der Waals surface area contributed by atoms with Crippen molar-refractivity contribution in [1.29, 1.82) is 0 Å². The molecule has 0 aliphatic carbocycles. The number of aromatic nitrogens is 2. The van der Waals surface area contributed by atoms with Crippen molar-refractivity contribution in [2.24, 2.45) is 0 Å². The van der Waals surface area contributed by atoms with Crippen LogP contribution in [0.15, 0.2) is 6.20 Å². The molecule has 0 aliphatic heterocycles. The minimum absolute atomic E-state index is 0.139. The largest absolute Gasteiger partial charge is 0.481 e. The van der Waals surface area contributed by atoms with Gasteiger partial charge in [0.15, 0.2) is 0 Å². The van der Waals surface area contributed by atoms with E-state index in [1.807, 2.05) is 6.92 Å². The van der Waals surface area contributed by atoms with E-state index in [0.29, 0.717) is 30.3 Å². The summed E-state index contributed by atoms with van der Waals surface area (Å²) in [4.78, 5) is 30.4. The number of hydrogen-bond acceptors (Lipinski definition) is 6. The molecule has 0 aromatic carbocycles. The van der Waals surface area contributed by atoms with Crippen molar-refractivity contribution in [2.75, 3.05) is 18.1 Å². The van der Waals surface area contributed by atoms with Gasteiger partial charge in [0.05, 0.1) is 17.6 Å². The van der Waals surface area contributed by atoms with Gasteiger partial charge >= 0.3 is 5.97 Å². The molecule has 0 radical (unpaired) electrons. The number of carboxylic acid groups (broad SMARTS) is 1. The highest BCUT2D eigenvalue weighted by Crippen LogP contribution is 2.21. The van der Waals surface area contributed by atoms with Gasteiger partial charge in [0.1, 0.15) is 11.5 Å². The summed E-state index contributed by atoms with van der Waals surface area (Å²) in [6.45, 7) is 2.36. The van der Waals surface area contributed by atoms with E-state index in [9.17, 15) is 9.59 Å². The van der Waals surface area contributed by atoms with Gasteiger partial charge in [-0.15, -0.1) is 0 Å². The molecule has 0 aliphatic rings. The van der Waals surface area contributed by atoms with E-state index >= 15 is 0 Å². The van der Waals surface area contributed by atoms with Crippen LogP contribution in [0, 0.1) is 0 Å². The van der Waals surface area contributed by atoms with Gasteiger partial charge in [0.25, 0.3) is 5.91 Å². The molecule has 116 valence electrons. The maximum atomic E-state index is 11.9. The first kappa shape index (κ1) is 18.1. The van der Waals surface area contributed by atoms with Gasteiger partial charge in [-0.3, -0.25) is 9.59 Å². The Bertz CT molecular complexity index is 503. The molecule has 1 amide bonds. The summed E-state index contributed by atoms with van der Waals surface area (Å²) in [5.74, 6) is 0.670. The third-order valence-electron chi connectivity index (χ3n) is 2.28. The van der Waals surface area contributed by atoms with Crippen LogP contribution >= 0.6 is 33.2 Å². The number of nitrogens with zero attached hydrogens (tertiary/aromatic N) is 2. The van der Waals surface area contributed by atoms with Crippen LogP contribution in [0.3, 0.4) is 0 Å². The van der Waals surface area contributed by atoms with Crippen molar-refractivity contribution in [1.82, 2.24) is 15.3 Å². The summed E-state index contributed by atoms with van der Waals surface area (Å²) in [6, 6.07) is 0. The maximum Gasteiger partial charge on any atom is 0.304 e. The summed E-state index contributed by atoms with van der Waals surface area (Å²) in [7, 11) is 2.99. The second-order valence-electron chi connectivity index (χ2n) is 3.88. The lowest BCUT2D eigenvalue weighted by atomic mass is 10.3. The molecule has 1 aromatic heterocycles. The lowest BCUT2D eigenvalue weighted by Gasteiger charge is -2.06. The summed E-state index contributed by atoms with van der Waals surface area (Å²) in [5.41, 5.74) is 0.187. The van der Waals surface area contributed by atoms with Crippen LogP contribution in [-0.4, -0.2) is 45.0 Å². The van der Waals surface area contributed by atoms with Crippen LogP contribution in [0.1, 0.15) is 29.7 Å². The highest BCUT2D eigenvalue weighted by atomic mass is 35.5. The molecular formula is C12H16ClN3O3S2. The first-order valence-electron chi connectivity index (χ1n) is 6.30. The zero-order valence-electron chi connectivity index (χ0n) is 11.5. The summed E-state index contributed by atoms with van der Waals surface area (Å²) >= 11 is 5.91. The molecular weight excluding hydrogens is 334 g/mol. The Balaban J connectivity index is 2.29. The summed E-state index contributed by atoms with van der Waals surface area (Å²) in [5, 5.41) is 11.4. The van der Waals surface area contributed by atoms with E-state index in [4.69, 9.17) is 16.7 Å². The summed E-state index contributed by atoms with van der Waals surface area (Å²) < 4.78 is 0. The molecule has 0 unspecified atom stereocenters. The monoisotopic (exact) mass is 349 g/mol. The highest BCUT2D eigenvalue weighted by Gasteiger charge is 2.13. The number of amides is 1. The third kappa shape index (κ3) is 7.01. The van der Waals surface area contributed by atoms with Crippen LogP contribution in [-0.2, 0) is 11.2 Å². The Kier molecular flexibility index (Phi) is 8.48. The minimum atomic E-state index is -0.804. The fourth-order valence-electron chi connectivity index (χ4n) is 1.27. The third-order valence-corrected chi connectivity index (χ3v) is 4.96. The van der Waals surface area contributed by atoms with Crippen molar-refractivity contribution >= 4 is 45.1 Å². The van der Waals surface area contributed by atoms with E-state index in [-0.39, 0.29) is 23.0 Å². The molecule has 0 bridgehead atoms. The number of aliphatic carboxylic acids is 1. The molecule has 0 saturated carbocycles. The number of rotatable bonds is 9. The molecule has 6 nitrogen and oxygen atoms in total. The normalized spacial score (nSPS) is 10.4. The molecule has 1 rings (SSSR count). The zero-order valence-corrected chi connectivity index (χ0v) is 13.9. The second-order valence-corrected chi connectivity index (χ2v) is 6.99. The van der Waals surface area contributed by atoms with Crippen LogP contribution in [0.25, 0.3) is 0 Å². The van der Waals surface area contributed by atoms with Crippen LogP contribution in [0.5, 0.6) is 0 Å². The van der Waals surface area contributed by atoms with Gasteiger partial charge in [-0.1, -0.05) is 40.1 Å². The van der Waals surface area contributed by atoms with Crippen molar-refractivity contribution in [3.8, 4) is 0 Å². The number of aryl methyl sites for hydroxylation is 1. The maximum absolute atomic E-state index is 11.9. The topological polar surface area (TPSA) is 92.2 Å². The summed E-state index contributed by atoms with van der Waals surface area (Å²) in [6.07, 6.45) is 2.20. The first-order valence-corrected chi connectivity index (χ1v) is 9.17. The van der Waals surface area contributed by atoms with E-state index in [0.717, 1.165) is 0 Å². The van der Waals surface area contributed by atoms with Crippen molar-refractivity contribution in [2.45, 2.75) is 19.8 Å². The van der Waals surface area contributed by atoms with Gasteiger partial charge in [0.2, 0.25) is 0 Å². The average molecular weight is 350 g/mol. The van der Waals surface area contributed by atoms with Gasteiger partial charge in [0, 0.05) is 24.5 Å². The van der Waals surface area contributed by atoms with Gasteiger partial charge in [-0.05, 0) is 0 Å². The molecule has 21 heavy (non-hydrogen) atoms. The lowest BCUT2D eigenvalue weighted by molar-refractivity contribution is -0.136. The lowest BCUT2D eigenvalue weighted by Crippen LogP contribution is -2.27. The van der Waals surface area contributed by atoms with Crippen molar-refractivity contribution in [3.05, 3.63) is 22.7 Å². The fraction of sp³-hybridized carbons (Fsp3) is 0.500. The minimum Gasteiger partial charge on any atom is -0.481 e. The fourth-order valence-corrected chi connectivity index (χ4v) is 3.33.